The molecule has 1 unspecified atom stereocenters. The number of nitrogens with one attached hydrogen (secondary N) is 1. The van der Waals surface area contributed by atoms with Crippen molar-refractivity contribution in [2.45, 2.75) is 19.9 Å². The van der Waals surface area contributed by atoms with Crippen LogP contribution in [0.2, 0.25) is 5.02 Å². The number of hydrogen-bond acceptors (Lipinski definition) is 3. The second-order valence-corrected chi connectivity index (χ2v) is 6.10. The molecule has 1 aromatic carbocycles. The van der Waals surface area contributed by atoms with Crippen molar-refractivity contribution in [3.05, 3.63) is 34.9 Å². The summed E-state index contributed by atoms with van der Waals surface area (Å²) in [7, 11) is 0. The van der Waals surface area contributed by atoms with Gasteiger partial charge in [0.15, 0.2) is 0 Å². The van der Waals surface area contributed by atoms with E-state index in [1.807, 2.05) is 23.1 Å². The predicted octanol–water partition coefficient (Wildman–Crippen LogP) is 1.75. The third-order valence-corrected chi connectivity index (χ3v) is 4.24. The first kappa shape index (κ1) is 15.8. The lowest BCUT2D eigenvalue weighted by atomic mass is 9.90. The van der Waals surface area contributed by atoms with Gasteiger partial charge in [0, 0.05) is 18.1 Å². The lowest BCUT2D eigenvalue weighted by Gasteiger charge is -2.19. The lowest BCUT2D eigenvalue weighted by molar-refractivity contribution is -0.147. The topological polar surface area (TPSA) is 69.6 Å². The van der Waals surface area contributed by atoms with Crippen molar-refractivity contribution >= 4 is 23.5 Å². The number of halogens is 1. The standard InChI is InChI=1S/C15H19ClN2O3/c1-15(14(20)21)6-7-18(10-15)9-13(19)17-8-11-4-2-3-5-12(11)16/h2-5H,6-10H2,1H3,(H,17,19)(H,20,21). The summed E-state index contributed by atoms with van der Waals surface area (Å²) in [5.41, 5.74) is 0.118. The largest absolute Gasteiger partial charge is 0.481 e. The molecule has 2 rings (SSSR count). The number of nitrogens with zero attached hydrogens (tertiary/aromatic N) is 1. The summed E-state index contributed by atoms with van der Waals surface area (Å²) in [5.74, 6) is -0.925. The number of benzene rings is 1. The van der Waals surface area contributed by atoms with Crippen LogP contribution in [0.1, 0.15) is 18.9 Å². The summed E-state index contributed by atoms with van der Waals surface area (Å²) < 4.78 is 0. The molecule has 6 heteroatoms. The van der Waals surface area contributed by atoms with E-state index in [2.05, 4.69) is 5.32 Å². The predicted molar refractivity (Wildman–Crippen MR) is 80.1 cm³/mol. The Balaban J connectivity index is 1.81. The molecule has 1 amide bonds. The Morgan fingerprint density at radius 1 is 1.43 bits per heavy atom. The molecule has 114 valence electrons. The number of amides is 1. The average molecular weight is 311 g/mol. The molecule has 0 radical (unpaired) electrons. The van der Waals surface area contributed by atoms with Crippen LogP contribution in [0, 0.1) is 5.41 Å². The van der Waals surface area contributed by atoms with Gasteiger partial charge in [-0.05, 0) is 31.5 Å². The SMILES string of the molecule is CC1(C(=O)O)CCN(CC(=O)NCc2ccccc2Cl)C1. The third-order valence-electron chi connectivity index (χ3n) is 3.87. The van der Waals surface area contributed by atoms with Crippen LogP contribution in [0.15, 0.2) is 24.3 Å². The first-order valence-electron chi connectivity index (χ1n) is 6.86. The first-order chi connectivity index (χ1) is 9.90. The molecule has 0 bridgehead atoms. The maximum atomic E-state index is 11.9. The molecule has 1 aromatic rings. The molecular weight excluding hydrogens is 292 g/mol. The van der Waals surface area contributed by atoms with Gasteiger partial charge in [0.25, 0.3) is 0 Å². The van der Waals surface area contributed by atoms with Crippen molar-refractivity contribution in [3.63, 3.8) is 0 Å². The van der Waals surface area contributed by atoms with Crippen LogP contribution in [0.5, 0.6) is 0 Å². The molecule has 0 saturated carbocycles. The Bertz CT molecular complexity index is 549. The average Bonchev–Trinajstić information content (AvgIpc) is 2.81. The van der Waals surface area contributed by atoms with Crippen molar-refractivity contribution in [1.82, 2.24) is 10.2 Å². The fourth-order valence-corrected chi connectivity index (χ4v) is 2.66. The zero-order valence-electron chi connectivity index (χ0n) is 11.9. The zero-order valence-corrected chi connectivity index (χ0v) is 12.7. The van der Waals surface area contributed by atoms with E-state index in [1.54, 1.807) is 13.0 Å². The smallest absolute Gasteiger partial charge is 0.310 e. The number of carboxylic acid groups (broad SMARTS) is 1. The maximum Gasteiger partial charge on any atom is 0.310 e. The second kappa shape index (κ2) is 6.45. The number of aliphatic carboxylic acids is 1. The van der Waals surface area contributed by atoms with E-state index in [9.17, 15) is 9.59 Å². The molecule has 1 atom stereocenters. The van der Waals surface area contributed by atoms with Gasteiger partial charge in [-0.15, -0.1) is 0 Å². The summed E-state index contributed by atoms with van der Waals surface area (Å²) in [5, 5.41) is 12.6. The van der Waals surface area contributed by atoms with Gasteiger partial charge in [-0.25, -0.2) is 0 Å². The quantitative estimate of drug-likeness (QED) is 0.869. The van der Waals surface area contributed by atoms with Crippen LogP contribution in [-0.4, -0.2) is 41.5 Å². The molecule has 5 nitrogen and oxygen atoms in total. The Labute approximate surface area is 128 Å². The Hall–Kier alpha value is -1.59. The number of rotatable bonds is 5. The molecule has 0 spiro atoms. The van der Waals surface area contributed by atoms with Crippen LogP contribution >= 0.6 is 11.6 Å². The van der Waals surface area contributed by atoms with Gasteiger partial charge in [-0.3, -0.25) is 14.5 Å². The summed E-state index contributed by atoms with van der Waals surface area (Å²) >= 11 is 6.02. The molecule has 1 heterocycles. The molecule has 1 aliphatic heterocycles. The van der Waals surface area contributed by atoms with Gasteiger partial charge in [-0.1, -0.05) is 29.8 Å². The summed E-state index contributed by atoms with van der Waals surface area (Å²) in [6, 6.07) is 7.35. The minimum atomic E-state index is -0.804. The van der Waals surface area contributed by atoms with Gasteiger partial charge in [0.2, 0.25) is 5.91 Å². The molecule has 2 N–H and O–H groups in total. The van der Waals surface area contributed by atoms with E-state index in [4.69, 9.17) is 16.7 Å². The highest BCUT2D eigenvalue weighted by molar-refractivity contribution is 6.31. The van der Waals surface area contributed by atoms with Gasteiger partial charge >= 0.3 is 5.97 Å². The van der Waals surface area contributed by atoms with E-state index in [1.165, 1.54) is 0 Å². The van der Waals surface area contributed by atoms with Crippen molar-refractivity contribution in [2.75, 3.05) is 19.6 Å². The first-order valence-corrected chi connectivity index (χ1v) is 7.24. The van der Waals surface area contributed by atoms with Crippen molar-refractivity contribution < 1.29 is 14.7 Å². The highest BCUT2D eigenvalue weighted by Gasteiger charge is 2.40. The summed E-state index contributed by atoms with van der Waals surface area (Å²) in [6.07, 6.45) is 0.570. The van der Waals surface area contributed by atoms with Gasteiger partial charge in [-0.2, -0.15) is 0 Å². The monoisotopic (exact) mass is 310 g/mol. The number of carbonyl (C=O) groups excluding carboxylic acids is 1. The van der Waals surface area contributed by atoms with Crippen molar-refractivity contribution in [2.24, 2.45) is 5.41 Å². The molecule has 1 fully saturated rings. The van der Waals surface area contributed by atoms with E-state index >= 15 is 0 Å². The van der Waals surface area contributed by atoms with Crippen LogP contribution in [-0.2, 0) is 16.1 Å². The number of carboxylic acids is 1. The highest BCUT2D eigenvalue weighted by atomic mass is 35.5. The minimum absolute atomic E-state index is 0.121. The maximum absolute atomic E-state index is 11.9. The Kier molecular flexibility index (Phi) is 4.85. The zero-order chi connectivity index (χ0) is 15.5. The summed E-state index contributed by atoms with van der Waals surface area (Å²) in [6.45, 7) is 3.34. The second-order valence-electron chi connectivity index (χ2n) is 5.69. The molecule has 1 saturated heterocycles. The van der Waals surface area contributed by atoms with E-state index in [0.717, 1.165) is 5.56 Å². The van der Waals surface area contributed by atoms with Gasteiger partial charge in [0.05, 0.1) is 12.0 Å². The number of likely N-dealkylation sites (tertiary alicyclic amines) is 1. The normalized spacial score (nSPS) is 22.2. The number of hydrogen-bond donors (Lipinski definition) is 2. The van der Waals surface area contributed by atoms with E-state index < -0.39 is 11.4 Å². The van der Waals surface area contributed by atoms with Crippen molar-refractivity contribution in [3.8, 4) is 0 Å². The molecule has 21 heavy (non-hydrogen) atoms. The van der Waals surface area contributed by atoms with Crippen LogP contribution in [0.4, 0.5) is 0 Å². The van der Waals surface area contributed by atoms with Crippen LogP contribution in [0.3, 0.4) is 0 Å². The van der Waals surface area contributed by atoms with Crippen LogP contribution in [0.25, 0.3) is 0 Å². The van der Waals surface area contributed by atoms with Gasteiger partial charge in [0.1, 0.15) is 0 Å². The highest BCUT2D eigenvalue weighted by Crippen LogP contribution is 2.29. The van der Waals surface area contributed by atoms with E-state index in [0.29, 0.717) is 31.1 Å². The molecular formula is C15H19ClN2O3. The molecule has 0 aliphatic carbocycles. The Morgan fingerprint density at radius 2 is 2.14 bits per heavy atom. The van der Waals surface area contributed by atoms with Crippen LogP contribution < -0.4 is 5.32 Å². The lowest BCUT2D eigenvalue weighted by Crippen LogP contribution is -2.38. The Morgan fingerprint density at radius 3 is 2.76 bits per heavy atom. The summed E-state index contributed by atoms with van der Waals surface area (Å²) in [4.78, 5) is 25.0. The number of carbonyl (C=O) groups is 2. The van der Waals surface area contributed by atoms with E-state index in [-0.39, 0.29) is 12.5 Å². The fraction of sp³-hybridized carbons (Fsp3) is 0.467. The minimum Gasteiger partial charge on any atom is -0.481 e. The fourth-order valence-electron chi connectivity index (χ4n) is 2.46. The van der Waals surface area contributed by atoms with Gasteiger partial charge < -0.3 is 10.4 Å². The molecule has 0 aromatic heterocycles. The van der Waals surface area contributed by atoms with Crippen molar-refractivity contribution in [1.29, 1.82) is 0 Å². The molecule has 1 aliphatic rings. The third kappa shape index (κ3) is 3.95.